The maximum Gasteiger partial charge on any atom is 0.335 e. The summed E-state index contributed by atoms with van der Waals surface area (Å²) in [5, 5.41) is 8.83. The van der Waals surface area contributed by atoms with Crippen LogP contribution in [0.15, 0.2) is 54.6 Å². The van der Waals surface area contributed by atoms with E-state index in [4.69, 9.17) is 5.11 Å². The van der Waals surface area contributed by atoms with E-state index in [1.54, 1.807) is 23.9 Å². The van der Waals surface area contributed by atoms with Gasteiger partial charge >= 0.3 is 5.97 Å². The Morgan fingerprint density at radius 1 is 1.11 bits per heavy atom. The lowest BCUT2D eigenvalue weighted by atomic mass is 10.1. The van der Waals surface area contributed by atoms with Crippen LogP contribution in [0, 0.1) is 0 Å². The normalized spacial score (nSPS) is 12.1. The largest absolute Gasteiger partial charge is 0.478 e. The highest BCUT2D eigenvalue weighted by molar-refractivity contribution is 8.09. The van der Waals surface area contributed by atoms with Crippen LogP contribution >= 0.6 is 24.4 Å². The van der Waals surface area contributed by atoms with E-state index in [1.807, 2.05) is 30.3 Å². The van der Waals surface area contributed by atoms with E-state index in [2.05, 4.69) is 24.8 Å². The van der Waals surface area contributed by atoms with Crippen LogP contribution in [-0.4, -0.2) is 11.1 Å². The smallest absolute Gasteiger partial charge is 0.335 e. The highest BCUT2D eigenvalue weighted by atomic mass is 32.2. The second-order valence-electron chi connectivity index (χ2n) is 4.08. The number of carbonyl (C=O) groups is 1. The van der Waals surface area contributed by atoms with Crippen LogP contribution in [0.1, 0.15) is 26.1 Å². The van der Waals surface area contributed by atoms with E-state index in [-0.39, 0.29) is 4.58 Å². The van der Waals surface area contributed by atoms with E-state index in [0.29, 0.717) is 5.56 Å². The van der Waals surface area contributed by atoms with E-state index >= 15 is 0 Å². The molecule has 2 rings (SSSR count). The zero-order valence-corrected chi connectivity index (χ0v) is 11.9. The fourth-order valence-corrected chi connectivity index (χ4v) is 2.92. The Kier molecular flexibility index (Phi) is 4.93. The summed E-state index contributed by atoms with van der Waals surface area (Å²) in [6.07, 6.45) is 0. The molecule has 0 saturated carbocycles. The number of carboxylic acid groups (broad SMARTS) is 1. The summed E-state index contributed by atoms with van der Waals surface area (Å²) in [5.74, 6) is -0.0845. The van der Waals surface area contributed by atoms with Crippen molar-refractivity contribution in [3.8, 4) is 0 Å². The average Bonchev–Trinajstić information content (AvgIpc) is 2.46. The summed E-state index contributed by atoms with van der Waals surface area (Å²) in [5.41, 5.74) is 2.60. The molecule has 2 aromatic rings. The Morgan fingerprint density at radius 2 is 1.74 bits per heavy atom. The highest BCUT2D eigenvalue weighted by Crippen LogP contribution is 2.34. The summed E-state index contributed by atoms with van der Waals surface area (Å²) < 4.78 is 0.125. The first kappa shape index (κ1) is 14.0. The van der Waals surface area contributed by atoms with Crippen LogP contribution in [0.4, 0.5) is 0 Å². The molecule has 0 heterocycles. The zero-order valence-electron chi connectivity index (χ0n) is 10.2. The molecule has 4 heteroatoms. The Bertz CT molecular complexity index is 538. The maximum atomic E-state index is 10.7. The molecule has 0 saturated heterocycles. The van der Waals surface area contributed by atoms with Gasteiger partial charge in [-0.25, -0.2) is 4.79 Å². The third-order valence-electron chi connectivity index (χ3n) is 2.69. The lowest BCUT2D eigenvalue weighted by molar-refractivity contribution is 0.0697. The molecule has 0 bridgehead atoms. The first-order valence-corrected chi connectivity index (χ1v) is 7.40. The van der Waals surface area contributed by atoms with Crippen molar-refractivity contribution in [2.24, 2.45) is 0 Å². The van der Waals surface area contributed by atoms with Crippen molar-refractivity contribution in [1.29, 1.82) is 0 Å². The summed E-state index contributed by atoms with van der Waals surface area (Å²) in [6.45, 7) is 0. The Balaban J connectivity index is 1.93. The highest BCUT2D eigenvalue weighted by Gasteiger charge is 2.07. The summed E-state index contributed by atoms with van der Waals surface area (Å²) in [7, 11) is 0. The zero-order chi connectivity index (χ0) is 13.7. The molecule has 0 aromatic heterocycles. The molecule has 1 atom stereocenters. The standard InChI is InChI=1S/C15H14O2S2/c16-14(17)12-8-6-11(7-9-12)10-19-15(18)13-4-2-1-3-5-13/h1-9,15,18H,10H2,(H,16,17). The summed E-state index contributed by atoms with van der Waals surface area (Å²) in [6, 6.07) is 17.1. The van der Waals surface area contributed by atoms with E-state index < -0.39 is 5.97 Å². The van der Waals surface area contributed by atoms with Crippen LogP contribution in [0.3, 0.4) is 0 Å². The predicted octanol–water partition coefficient (Wildman–Crippen LogP) is 4.25. The average molecular weight is 290 g/mol. The molecule has 0 aliphatic heterocycles. The molecule has 0 radical (unpaired) electrons. The fraction of sp³-hybridized carbons (Fsp3) is 0.133. The second kappa shape index (κ2) is 6.68. The number of aromatic carboxylic acids is 1. The van der Waals surface area contributed by atoms with Crippen molar-refractivity contribution >= 4 is 30.4 Å². The van der Waals surface area contributed by atoms with Crippen molar-refractivity contribution in [2.45, 2.75) is 10.3 Å². The number of carboxylic acids is 1. The van der Waals surface area contributed by atoms with Gasteiger partial charge in [0.05, 0.1) is 10.1 Å². The predicted molar refractivity (Wildman–Crippen MR) is 82.9 cm³/mol. The lowest BCUT2D eigenvalue weighted by Gasteiger charge is -2.10. The van der Waals surface area contributed by atoms with Crippen molar-refractivity contribution in [3.05, 3.63) is 71.3 Å². The first-order chi connectivity index (χ1) is 9.16. The molecule has 2 nitrogen and oxygen atoms in total. The van der Waals surface area contributed by atoms with Gasteiger partial charge < -0.3 is 5.11 Å². The number of thiol groups is 1. The molecule has 0 spiro atoms. The van der Waals surface area contributed by atoms with E-state index in [0.717, 1.165) is 11.3 Å². The minimum Gasteiger partial charge on any atom is -0.478 e. The van der Waals surface area contributed by atoms with Gasteiger partial charge in [-0.05, 0) is 23.3 Å². The van der Waals surface area contributed by atoms with Gasteiger partial charge in [0.1, 0.15) is 0 Å². The Labute approximate surface area is 122 Å². The second-order valence-corrected chi connectivity index (χ2v) is 6.04. The lowest BCUT2D eigenvalue weighted by Crippen LogP contribution is -1.95. The van der Waals surface area contributed by atoms with Crippen LogP contribution in [0.25, 0.3) is 0 Å². The number of hydrogen-bond acceptors (Lipinski definition) is 3. The van der Waals surface area contributed by atoms with Gasteiger partial charge in [0.2, 0.25) is 0 Å². The molecule has 2 aromatic carbocycles. The van der Waals surface area contributed by atoms with Crippen molar-refractivity contribution in [1.82, 2.24) is 0 Å². The molecule has 0 aliphatic rings. The topological polar surface area (TPSA) is 37.3 Å². The van der Waals surface area contributed by atoms with Gasteiger partial charge in [-0.2, -0.15) is 12.6 Å². The molecule has 0 amide bonds. The van der Waals surface area contributed by atoms with E-state index in [1.165, 1.54) is 5.56 Å². The van der Waals surface area contributed by atoms with E-state index in [9.17, 15) is 4.79 Å². The van der Waals surface area contributed by atoms with Crippen LogP contribution in [0.5, 0.6) is 0 Å². The molecule has 1 N–H and O–H groups in total. The van der Waals surface area contributed by atoms with Gasteiger partial charge in [0.15, 0.2) is 0 Å². The molecule has 0 fully saturated rings. The molecular formula is C15H14O2S2. The number of rotatable bonds is 5. The van der Waals surface area contributed by atoms with Crippen LogP contribution in [0.2, 0.25) is 0 Å². The van der Waals surface area contributed by atoms with Crippen LogP contribution in [-0.2, 0) is 5.75 Å². The van der Waals surface area contributed by atoms with Gasteiger partial charge in [-0.3, -0.25) is 0 Å². The van der Waals surface area contributed by atoms with Crippen molar-refractivity contribution in [2.75, 3.05) is 0 Å². The Morgan fingerprint density at radius 3 is 2.32 bits per heavy atom. The number of hydrogen-bond donors (Lipinski definition) is 2. The van der Waals surface area contributed by atoms with Crippen molar-refractivity contribution in [3.63, 3.8) is 0 Å². The minimum atomic E-state index is -0.893. The molecule has 1 unspecified atom stereocenters. The molecular weight excluding hydrogens is 276 g/mol. The summed E-state index contributed by atoms with van der Waals surface area (Å²) in [4.78, 5) is 10.7. The van der Waals surface area contributed by atoms with Crippen molar-refractivity contribution < 1.29 is 9.90 Å². The molecule has 98 valence electrons. The summed E-state index contributed by atoms with van der Waals surface area (Å²) >= 11 is 6.29. The third-order valence-corrected chi connectivity index (χ3v) is 4.53. The number of benzene rings is 2. The quantitative estimate of drug-likeness (QED) is 0.638. The van der Waals surface area contributed by atoms with Crippen LogP contribution < -0.4 is 0 Å². The SMILES string of the molecule is O=C(O)c1ccc(CSC(S)c2ccccc2)cc1. The first-order valence-electron chi connectivity index (χ1n) is 5.83. The maximum absolute atomic E-state index is 10.7. The van der Waals surface area contributed by atoms with Gasteiger partial charge in [-0.15, -0.1) is 11.8 Å². The Hall–Kier alpha value is -1.39. The van der Waals surface area contributed by atoms with Gasteiger partial charge in [0, 0.05) is 5.75 Å². The van der Waals surface area contributed by atoms with Gasteiger partial charge in [0.25, 0.3) is 0 Å². The van der Waals surface area contributed by atoms with Gasteiger partial charge in [-0.1, -0.05) is 42.5 Å². The fourth-order valence-electron chi connectivity index (χ4n) is 1.63. The minimum absolute atomic E-state index is 0.125. The number of thioether (sulfide) groups is 1. The monoisotopic (exact) mass is 290 g/mol. The molecule has 19 heavy (non-hydrogen) atoms. The molecule has 0 aliphatic carbocycles. The third kappa shape index (κ3) is 4.04.